The van der Waals surface area contributed by atoms with Gasteiger partial charge in [-0.05, 0) is 68.6 Å². The summed E-state index contributed by atoms with van der Waals surface area (Å²) < 4.78 is 14.2. The predicted octanol–water partition coefficient (Wildman–Crippen LogP) is 6.13. The van der Waals surface area contributed by atoms with Gasteiger partial charge < -0.3 is 9.47 Å². The fourth-order valence-electron chi connectivity index (χ4n) is 3.46. The molecule has 0 unspecified atom stereocenters. The van der Waals surface area contributed by atoms with Crippen molar-refractivity contribution in [2.45, 2.75) is 19.8 Å². The van der Waals surface area contributed by atoms with Crippen LogP contribution < -0.4 is 9.47 Å². The number of nitrogens with one attached hydrogen (secondary N) is 1. The summed E-state index contributed by atoms with van der Waals surface area (Å²) in [5.74, 6) is 2.06. The molecule has 0 aliphatic heterocycles. The van der Waals surface area contributed by atoms with Crippen molar-refractivity contribution >= 4 is 45.1 Å². The van der Waals surface area contributed by atoms with E-state index in [1.165, 1.54) is 10.8 Å². The van der Waals surface area contributed by atoms with Crippen LogP contribution in [-0.4, -0.2) is 34.8 Å². The second-order valence-corrected chi connectivity index (χ2v) is 8.44. The third kappa shape index (κ3) is 4.76. The normalized spacial score (nSPS) is 11.3. The van der Waals surface area contributed by atoms with E-state index in [1.54, 1.807) is 18.0 Å². The number of benzene rings is 3. The molecule has 0 radical (unpaired) electrons. The van der Waals surface area contributed by atoms with Crippen molar-refractivity contribution in [1.82, 2.24) is 14.9 Å². The van der Waals surface area contributed by atoms with Crippen molar-refractivity contribution in [1.29, 1.82) is 0 Å². The summed E-state index contributed by atoms with van der Waals surface area (Å²) >= 11 is 8.99. The number of methoxy groups -OCH3 is 1. The molecule has 164 valence electrons. The number of aromatic amines is 1. The number of hydrogen-bond donors (Lipinski definition) is 1. The SMILES string of the molecule is CCCOc1c(Br)cc(C=Nn2c(Cc3cccc4ccccc34)n[nH]c2=S)cc1OC. The predicted molar refractivity (Wildman–Crippen MR) is 134 cm³/mol. The number of ether oxygens (including phenoxy) is 2. The van der Waals surface area contributed by atoms with Crippen LogP contribution in [0, 0.1) is 4.77 Å². The fraction of sp³-hybridized carbons (Fsp3) is 0.208. The van der Waals surface area contributed by atoms with Crippen LogP contribution in [0.15, 0.2) is 64.2 Å². The zero-order valence-corrected chi connectivity index (χ0v) is 20.2. The van der Waals surface area contributed by atoms with E-state index < -0.39 is 0 Å². The molecule has 0 saturated heterocycles. The number of nitrogens with zero attached hydrogens (tertiary/aromatic N) is 3. The quantitative estimate of drug-likeness (QED) is 0.229. The largest absolute Gasteiger partial charge is 0.493 e. The van der Waals surface area contributed by atoms with Gasteiger partial charge in [0.1, 0.15) is 0 Å². The molecule has 0 aliphatic rings. The van der Waals surface area contributed by atoms with E-state index in [0.717, 1.165) is 27.8 Å². The van der Waals surface area contributed by atoms with Gasteiger partial charge in [0.2, 0.25) is 4.77 Å². The molecular formula is C24H23BrN4O2S. The highest BCUT2D eigenvalue weighted by atomic mass is 79.9. The Bertz CT molecular complexity index is 1320. The van der Waals surface area contributed by atoms with Gasteiger partial charge >= 0.3 is 0 Å². The number of rotatable bonds is 8. The highest BCUT2D eigenvalue weighted by molar-refractivity contribution is 9.10. The zero-order valence-electron chi connectivity index (χ0n) is 17.8. The molecule has 6 nitrogen and oxygen atoms in total. The summed E-state index contributed by atoms with van der Waals surface area (Å²) in [5, 5.41) is 14.2. The zero-order chi connectivity index (χ0) is 22.5. The Balaban J connectivity index is 1.64. The number of fused-ring (bicyclic) bond motifs is 1. The summed E-state index contributed by atoms with van der Waals surface area (Å²) in [6.45, 7) is 2.68. The van der Waals surface area contributed by atoms with Crippen LogP contribution in [0.1, 0.15) is 30.3 Å². The molecule has 8 heteroatoms. The Hall–Kier alpha value is -2.97. The van der Waals surface area contributed by atoms with E-state index in [1.807, 2.05) is 24.3 Å². The Labute approximate surface area is 200 Å². The molecule has 1 aromatic heterocycles. The van der Waals surface area contributed by atoms with Crippen molar-refractivity contribution < 1.29 is 9.47 Å². The minimum Gasteiger partial charge on any atom is -0.493 e. The van der Waals surface area contributed by atoms with Crippen LogP contribution in [0.25, 0.3) is 10.8 Å². The van der Waals surface area contributed by atoms with Crippen molar-refractivity contribution in [2.24, 2.45) is 5.10 Å². The molecule has 4 aromatic rings. The Kier molecular flexibility index (Phi) is 7.02. The third-order valence-corrected chi connectivity index (χ3v) is 5.82. The summed E-state index contributed by atoms with van der Waals surface area (Å²) in [6, 6.07) is 18.4. The second-order valence-electron chi connectivity index (χ2n) is 7.20. The molecule has 0 aliphatic carbocycles. The first-order chi connectivity index (χ1) is 15.6. The topological polar surface area (TPSA) is 64.4 Å². The van der Waals surface area contributed by atoms with E-state index in [9.17, 15) is 0 Å². The molecule has 0 saturated carbocycles. The minimum absolute atomic E-state index is 0.436. The van der Waals surface area contributed by atoms with Crippen molar-refractivity contribution in [2.75, 3.05) is 13.7 Å². The van der Waals surface area contributed by atoms with Crippen LogP contribution in [0.3, 0.4) is 0 Å². The third-order valence-electron chi connectivity index (χ3n) is 4.97. The number of H-pyrrole nitrogens is 1. The molecule has 0 spiro atoms. The van der Waals surface area contributed by atoms with E-state index in [2.05, 4.69) is 68.5 Å². The standard InChI is InChI=1S/C24H23BrN4O2S/c1-3-11-31-23-20(25)12-16(13-21(23)30-2)15-26-29-22(27-28-24(29)32)14-18-9-6-8-17-7-4-5-10-19(17)18/h4-10,12-13,15H,3,11,14H2,1-2H3,(H,28,32). The number of aromatic nitrogens is 3. The van der Waals surface area contributed by atoms with Crippen LogP contribution >= 0.6 is 28.1 Å². The molecule has 4 rings (SSSR count). The van der Waals surface area contributed by atoms with E-state index >= 15 is 0 Å². The summed E-state index contributed by atoms with van der Waals surface area (Å²) in [4.78, 5) is 0. The average Bonchev–Trinajstić information content (AvgIpc) is 3.15. The first-order valence-corrected chi connectivity index (χ1v) is 11.5. The van der Waals surface area contributed by atoms with Gasteiger partial charge in [-0.2, -0.15) is 14.9 Å². The molecule has 1 N–H and O–H groups in total. The van der Waals surface area contributed by atoms with Crippen molar-refractivity contribution in [3.63, 3.8) is 0 Å². The maximum absolute atomic E-state index is 5.80. The fourth-order valence-corrected chi connectivity index (χ4v) is 4.23. The lowest BCUT2D eigenvalue weighted by Crippen LogP contribution is -2.02. The summed E-state index contributed by atoms with van der Waals surface area (Å²) in [6.07, 6.45) is 3.24. The van der Waals surface area contributed by atoms with Crippen LogP contribution in [0.5, 0.6) is 11.5 Å². The minimum atomic E-state index is 0.436. The highest BCUT2D eigenvalue weighted by Crippen LogP contribution is 2.36. The van der Waals surface area contributed by atoms with Gasteiger partial charge in [0.05, 0.1) is 24.4 Å². The molecule has 0 fully saturated rings. The molecular weight excluding hydrogens is 488 g/mol. The molecule has 1 heterocycles. The van der Waals surface area contributed by atoms with Gasteiger partial charge in [-0.3, -0.25) is 5.10 Å². The first kappa shape index (κ1) is 22.2. The van der Waals surface area contributed by atoms with Gasteiger partial charge in [-0.1, -0.05) is 49.4 Å². The number of hydrogen-bond acceptors (Lipinski definition) is 5. The van der Waals surface area contributed by atoms with Crippen LogP contribution in [-0.2, 0) is 6.42 Å². The molecule has 0 amide bonds. The first-order valence-electron chi connectivity index (χ1n) is 10.3. The Morgan fingerprint density at radius 1 is 1.19 bits per heavy atom. The smallest absolute Gasteiger partial charge is 0.216 e. The van der Waals surface area contributed by atoms with Crippen molar-refractivity contribution in [3.8, 4) is 11.5 Å². The molecule has 3 aromatic carbocycles. The lowest BCUT2D eigenvalue weighted by molar-refractivity contribution is 0.292. The lowest BCUT2D eigenvalue weighted by atomic mass is 10.0. The van der Waals surface area contributed by atoms with Crippen LogP contribution in [0.4, 0.5) is 0 Å². The summed E-state index contributed by atoms with van der Waals surface area (Å²) in [5.41, 5.74) is 2.01. The van der Waals surface area contributed by atoms with Gasteiger partial charge in [0.15, 0.2) is 17.3 Å². The van der Waals surface area contributed by atoms with Crippen molar-refractivity contribution in [3.05, 3.63) is 80.8 Å². The molecule has 0 atom stereocenters. The summed E-state index contributed by atoms with van der Waals surface area (Å²) in [7, 11) is 1.62. The Morgan fingerprint density at radius 3 is 2.81 bits per heavy atom. The van der Waals surface area contributed by atoms with Gasteiger partial charge in [-0.25, -0.2) is 0 Å². The van der Waals surface area contributed by atoms with Gasteiger partial charge in [-0.15, -0.1) is 0 Å². The maximum Gasteiger partial charge on any atom is 0.216 e. The van der Waals surface area contributed by atoms with Crippen LogP contribution in [0.2, 0.25) is 0 Å². The second kappa shape index (κ2) is 10.1. The van der Waals surface area contributed by atoms with Gasteiger partial charge in [0, 0.05) is 6.42 Å². The van der Waals surface area contributed by atoms with E-state index in [-0.39, 0.29) is 0 Å². The highest BCUT2D eigenvalue weighted by Gasteiger charge is 2.12. The average molecular weight is 511 g/mol. The Morgan fingerprint density at radius 2 is 2.00 bits per heavy atom. The van der Waals surface area contributed by atoms with E-state index in [4.69, 9.17) is 21.7 Å². The maximum atomic E-state index is 5.80. The number of halogens is 1. The van der Waals surface area contributed by atoms with E-state index in [0.29, 0.717) is 29.3 Å². The monoisotopic (exact) mass is 510 g/mol. The lowest BCUT2D eigenvalue weighted by Gasteiger charge is -2.12. The molecule has 32 heavy (non-hydrogen) atoms. The molecule has 0 bridgehead atoms. The van der Waals surface area contributed by atoms with Gasteiger partial charge in [0.25, 0.3) is 0 Å².